The minimum atomic E-state index is -0.507. The summed E-state index contributed by atoms with van der Waals surface area (Å²) in [6.45, 7) is 4.18. The second-order valence-electron chi connectivity index (χ2n) is 4.73. The zero-order valence-corrected chi connectivity index (χ0v) is 12.4. The number of carbonyl (C=O) groups is 1. The van der Waals surface area contributed by atoms with Crippen molar-refractivity contribution < 1.29 is 9.18 Å². The summed E-state index contributed by atoms with van der Waals surface area (Å²) in [6, 6.07) is 11.8. The van der Waals surface area contributed by atoms with Gasteiger partial charge in [-0.05, 0) is 29.7 Å². The van der Waals surface area contributed by atoms with E-state index in [1.807, 2.05) is 12.1 Å². The van der Waals surface area contributed by atoms with Crippen molar-refractivity contribution >= 4 is 21.7 Å². The topological polar surface area (TPSA) is 17.1 Å². The van der Waals surface area contributed by atoms with Crippen LogP contribution < -0.4 is 0 Å². The Bertz CT molecular complexity index is 603. The molecular weight excluding hydrogens is 307 g/mol. The highest BCUT2D eigenvalue weighted by Crippen LogP contribution is 2.20. The first-order valence-corrected chi connectivity index (χ1v) is 6.88. The Morgan fingerprint density at radius 1 is 1.11 bits per heavy atom. The predicted molar refractivity (Wildman–Crippen MR) is 78.1 cm³/mol. The molecule has 0 atom stereocenters. The lowest BCUT2D eigenvalue weighted by molar-refractivity contribution is 0.103. The standard InChI is InChI=1S/C16H14BrFO/c1-10(2)11-3-5-12(6-4-11)16(19)14-8-7-13(17)9-15(14)18/h3-10H,1-2H3. The van der Waals surface area contributed by atoms with Gasteiger partial charge in [-0.1, -0.05) is 54.0 Å². The minimum absolute atomic E-state index is 0.0977. The molecular formula is C16H14BrFO. The van der Waals surface area contributed by atoms with Crippen molar-refractivity contribution in [2.45, 2.75) is 19.8 Å². The van der Waals surface area contributed by atoms with E-state index in [1.54, 1.807) is 18.2 Å². The Balaban J connectivity index is 2.33. The van der Waals surface area contributed by atoms with Gasteiger partial charge in [0.1, 0.15) is 5.82 Å². The molecule has 0 bridgehead atoms. The van der Waals surface area contributed by atoms with Crippen molar-refractivity contribution in [3.05, 3.63) is 69.4 Å². The minimum Gasteiger partial charge on any atom is -0.288 e. The summed E-state index contributed by atoms with van der Waals surface area (Å²) in [5.74, 6) is -0.388. The molecule has 0 radical (unpaired) electrons. The largest absolute Gasteiger partial charge is 0.288 e. The van der Waals surface area contributed by atoms with Crippen LogP contribution >= 0.6 is 15.9 Å². The van der Waals surface area contributed by atoms with Crippen LogP contribution in [0.5, 0.6) is 0 Å². The van der Waals surface area contributed by atoms with Gasteiger partial charge < -0.3 is 0 Å². The molecule has 2 aromatic rings. The van der Waals surface area contributed by atoms with Crippen LogP contribution in [0.25, 0.3) is 0 Å². The first-order chi connectivity index (χ1) is 8.99. The van der Waals surface area contributed by atoms with E-state index >= 15 is 0 Å². The van der Waals surface area contributed by atoms with Crippen LogP contribution in [0.2, 0.25) is 0 Å². The molecule has 0 unspecified atom stereocenters. The summed E-state index contributed by atoms with van der Waals surface area (Å²) >= 11 is 3.18. The summed E-state index contributed by atoms with van der Waals surface area (Å²) in [6.07, 6.45) is 0. The van der Waals surface area contributed by atoms with E-state index in [2.05, 4.69) is 29.8 Å². The molecule has 19 heavy (non-hydrogen) atoms. The highest BCUT2D eigenvalue weighted by atomic mass is 79.9. The van der Waals surface area contributed by atoms with Gasteiger partial charge >= 0.3 is 0 Å². The number of hydrogen-bond acceptors (Lipinski definition) is 1. The molecule has 0 saturated carbocycles. The zero-order valence-electron chi connectivity index (χ0n) is 10.8. The Morgan fingerprint density at radius 2 is 1.74 bits per heavy atom. The van der Waals surface area contributed by atoms with E-state index in [-0.39, 0.29) is 11.3 Å². The summed E-state index contributed by atoms with van der Waals surface area (Å²) in [7, 11) is 0. The molecule has 0 N–H and O–H groups in total. The van der Waals surface area contributed by atoms with E-state index in [4.69, 9.17) is 0 Å². The highest BCUT2D eigenvalue weighted by molar-refractivity contribution is 9.10. The van der Waals surface area contributed by atoms with E-state index in [0.29, 0.717) is 16.0 Å². The molecule has 0 aliphatic rings. The normalized spacial score (nSPS) is 10.8. The third-order valence-corrected chi connectivity index (χ3v) is 3.51. The predicted octanol–water partition coefficient (Wildman–Crippen LogP) is 4.94. The second kappa shape index (κ2) is 5.66. The molecule has 0 fully saturated rings. The van der Waals surface area contributed by atoms with E-state index in [0.717, 1.165) is 5.56 Å². The molecule has 98 valence electrons. The molecule has 2 aromatic carbocycles. The third-order valence-electron chi connectivity index (χ3n) is 3.02. The van der Waals surface area contributed by atoms with Crippen molar-refractivity contribution in [1.82, 2.24) is 0 Å². The van der Waals surface area contributed by atoms with Gasteiger partial charge in [-0.2, -0.15) is 0 Å². The lowest BCUT2D eigenvalue weighted by atomic mass is 9.98. The van der Waals surface area contributed by atoms with Crippen LogP contribution in [0, 0.1) is 5.82 Å². The van der Waals surface area contributed by atoms with Crippen LogP contribution in [0.15, 0.2) is 46.9 Å². The third kappa shape index (κ3) is 3.10. The fourth-order valence-electron chi connectivity index (χ4n) is 1.85. The van der Waals surface area contributed by atoms with Crippen molar-refractivity contribution in [2.75, 3.05) is 0 Å². The maximum absolute atomic E-state index is 13.7. The van der Waals surface area contributed by atoms with Gasteiger partial charge in [0.05, 0.1) is 5.56 Å². The summed E-state index contributed by atoms with van der Waals surface area (Å²) < 4.78 is 14.4. The lowest BCUT2D eigenvalue weighted by Gasteiger charge is -2.07. The van der Waals surface area contributed by atoms with Crippen LogP contribution in [-0.2, 0) is 0 Å². The first-order valence-electron chi connectivity index (χ1n) is 6.08. The van der Waals surface area contributed by atoms with Gasteiger partial charge in [0, 0.05) is 10.0 Å². The molecule has 0 aromatic heterocycles. The average molecular weight is 321 g/mol. The first kappa shape index (κ1) is 13.9. The molecule has 0 spiro atoms. The summed E-state index contributed by atoms with van der Waals surface area (Å²) in [5.41, 5.74) is 1.76. The van der Waals surface area contributed by atoms with Gasteiger partial charge in [0.2, 0.25) is 0 Å². The number of hydrogen-bond donors (Lipinski definition) is 0. The van der Waals surface area contributed by atoms with Gasteiger partial charge in [-0.25, -0.2) is 4.39 Å². The van der Waals surface area contributed by atoms with Crippen LogP contribution in [0.3, 0.4) is 0 Å². The van der Waals surface area contributed by atoms with Crippen molar-refractivity contribution in [3.63, 3.8) is 0 Å². The lowest BCUT2D eigenvalue weighted by Crippen LogP contribution is -2.04. The second-order valence-corrected chi connectivity index (χ2v) is 5.65. The maximum atomic E-state index is 13.7. The van der Waals surface area contributed by atoms with Crippen molar-refractivity contribution in [2.24, 2.45) is 0 Å². The summed E-state index contributed by atoms with van der Waals surface area (Å²) in [4.78, 5) is 12.2. The number of halogens is 2. The number of carbonyl (C=O) groups excluding carboxylic acids is 1. The van der Waals surface area contributed by atoms with E-state index in [1.165, 1.54) is 12.1 Å². The summed E-state index contributed by atoms with van der Waals surface area (Å²) in [5, 5.41) is 0. The van der Waals surface area contributed by atoms with Crippen molar-refractivity contribution in [3.8, 4) is 0 Å². The molecule has 0 heterocycles. The Morgan fingerprint density at radius 3 is 2.26 bits per heavy atom. The Hall–Kier alpha value is -1.48. The molecule has 0 aliphatic heterocycles. The Labute approximate surface area is 120 Å². The quantitative estimate of drug-likeness (QED) is 0.732. The van der Waals surface area contributed by atoms with Gasteiger partial charge in [0.15, 0.2) is 5.78 Å². The van der Waals surface area contributed by atoms with E-state index in [9.17, 15) is 9.18 Å². The molecule has 0 amide bonds. The number of benzene rings is 2. The highest BCUT2D eigenvalue weighted by Gasteiger charge is 2.14. The zero-order chi connectivity index (χ0) is 14.0. The maximum Gasteiger partial charge on any atom is 0.195 e. The molecule has 0 saturated heterocycles. The number of ketones is 1. The van der Waals surface area contributed by atoms with Gasteiger partial charge in [0.25, 0.3) is 0 Å². The monoisotopic (exact) mass is 320 g/mol. The smallest absolute Gasteiger partial charge is 0.195 e. The van der Waals surface area contributed by atoms with Gasteiger partial charge in [-0.3, -0.25) is 4.79 Å². The fourth-order valence-corrected chi connectivity index (χ4v) is 2.18. The van der Waals surface area contributed by atoms with Crippen LogP contribution in [0.1, 0.15) is 41.3 Å². The van der Waals surface area contributed by atoms with Crippen LogP contribution in [-0.4, -0.2) is 5.78 Å². The molecule has 2 rings (SSSR count). The van der Waals surface area contributed by atoms with Crippen molar-refractivity contribution in [1.29, 1.82) is 0 Å². The Kier molecular flexibility index (Phi) is 4.15. The fraction of sp³-hybridized carbons (Fsp3) is 0.188. The SMILES string of the molecule is CC(C)c1ccc(C(=O)c2ccc(Br)cc2F)cc1. The molecule has 0 aliphatic carbocycles. The molecule has 1 nitrogen and oxygen atoms in total. The van der Waals surface area contributed by atoms with E-state index < -0.39 is 5.82 Å². The van der Waals surface area contributed by atoms with Crippen LogP contribution in [0.4, 0.5) is 4.39 Å². The molecule has 3 heteroatoms. The number of rotatable bonds is 3. The van der Waals surface area contributed by atoms with Gasteiger partial charge in [-0.15, -0.1) is 0 Å². The average Bonchev–Trinajstić information content (AvgIpc) is 2.38.